The Morgan fingerprint density at radius 3 is 3.00 bits per heavy atom. The summed E-state index contributed by atoms with van der Waals surface area (Å²) in [6, 6.07) is 7.46. The van der Waals surface area contributed by atoms with E-state index < -0.39 is 0 Å². The van der Waals surface area contributed by atoms with Crippen LogP contribution < -0.4 is 5.32 Å². The molecule has 1 N–H and O–H groups in total. The molecule has 6 heteroatoms. The van der Waals surface area contributed by atoms with Crippen LogP contribution in [0.2, 0.25) is 0 Å². The molecule has 1 aliphatic carbocycles. The normalized spacial score (nSPS) is 15.7. The topological polar surface area (TPSA) is 73.0 Å². The van der Waals surface area contributed by atoms with Crippen LogP contribution in [0.4, 0.5) is 5.82 Å². The Bertz CT molecular complexity index is 876. The van der Waals surface area contributed by atoms with E-state index in [1.165, 1.54) is 12.8 Å². The van der Waals surface area contributed by atoms with Crippen LogP contribution in [0.5, 0.6) is 0 Å². The second kappa shape index (κ2) is 5.22. The van der Waals surface area contributed by atoms with Crippen molar-refractivity contribution in [3.05, 3.63) is 41.9 Å². The van der Waals surface area contributed by atoms with Gasteiger partial charge in [-0.25, -0.2) is 9.67 Å². The first-order valence-corrected chi connectivity index (χ1v) is 7.84. The van der Waals surface area contributed by atoms with E-state index in [9.17, 15) is 4.79 Å². The number of anilines is 1. The highest BCUT2D eigenvalue weighted by Crippen LogP contribution is 2.40. The lowest BCUT2D eigenvalue weighted by molar-refractivity contribution is 0.0997. The summed E-state index contributed by atoms with van der Waals surface area (Å²) in [6.07, 6.45) is 4.16. The second-order valence-corrected chi connectivity index (χ2v) is 6.14. The van der Waals surface area contributed by atoms with Gasteiger partial charge >= 0.3 is 0 Å². The predicted molar refractivity (Wildman–Crippen MR) is 86.4 cm³/mol. The average molecular weight is 310 g/mol. The van der Waals surface area contributed by atoms with E-state index in [1.807, 2.05) is 29.8 Å². The maximum absolute atomic E-state index is 12.5. The van der Waals surface area contributed by atoms with E-state index in [1.54, 1.807) is 12.3 Å². The molecule has 1 aliphatic rings. The SMILES string of the molecule is Cc1ccc2oc(C(=O)Nc3ccnn3C(C)C3CC3)cc2n1. The van der Waals surface area contributed by atoms with Gasteiger partial charge in [0.15, 0.2) is 11.3 Å². The van der Waals surface area contributed by atoms with Crippen LogP contribution in [0.3, 0.4) is 0 Å². The summed E-state index contributed by atoms with van der Waals surface area (Å²) in [5.41, 5.74) is 2.19. The lowest BCUT2D eigenvalue weighted by Crippen LogP contribution is -2.18. The molecule has 1 unspecified atom stereocenters. The van der Waals surface area contributed by atoms with Crippen molar-refractivity contribution < 1.29 is 9.21 Å². The highest BCUT2D eigenvalue weighted by Gasteiger charge is 2.31. The van der Waals surface area contributed by atoms with Crippen LogP contribution in [-0.2, 0) is 0 Å². The molecular weight excluding hydrogens is 292 g/mol. The van der Waals surface area contributed by atoms with Crippen molar-refractivity contribution in [2.24, 2.45) is 5.92 Å². The summed E-state index contributed by atoms with van der Waals surface area (Å²) in [4.78, 5) is 16.8. The monoisotopic (exact) mass is 310 g/mol. The molecule has 3 heterocycles. The first-order chi connectivity index (χ1) is 11.1. The van der Waals surface area contributed by atoms with Crippen LogP contribution in [-0.4, -0.2) is 20.7 Å². The number of carbonyl (C=O) groups is 1. The van der Waals surface area contributed by atoms with Crippen molar-refractivity contribution in [1.82, 2.24) is 14.8 Å². The fourth-order valence-electron chi connectivity index (χ4n) is 2.83. The number of hydrogen-bond donors (Lipinski definition) is 1. The van der Waals surface area contributed by atoms with Gasteiger partial charge in [-0.2, -0.15) is 5.10 Å². The number of amides is 1. The second-order valence-electron chi connectivity index (χ2n) is 6.14. The minimum absolute atomic E-state index is 0.255. The van der Waals surface area contributed by atoms with E-state index in [2.05, 4.69) is 22.3 Å². The Morgan fingerprint density at radius 1 is 1.39 bits per heavy atom. The summed E-state index contributed by atoms with van der Waals surface area (Å²) in [7, 11) is 0. The third kappa shape index (κ3) is 2.60. The van der Waals surface area contributed by atoms with Crippen molar-refractivity contribution in [3.63, 3.8) is 0 Å². The molecule has 1 fully saturated rings. The number of aromatic nitrogens is 3. The third-order valence-electron chi connectivity index (χ3n) is 4.34. The van der Waals surface area contributed by atoms with Gasteiger partial charge in [0.2, 0.25) is 0 Å². The van der Waals surface area contributed by atoms with Crippen LogP contribution in [0.25, 0.3) is 11.1 Å². The summed E-state index contributed by atoms with van der Waals surface area (Å²) in [6.45, 7) is 4.04. The van der Waals surface area contributed by atoms with Crippen molar-refractivity contribution in [2.75, 3.05) is 5.32 Å². The highest BCUT2D eigenvalue weighted by molar-refractivity contribution is 6.03. The summed E-state index contributed by atoms with van der Waals surface area (Å²) < 4.78 is 7.47. The Morgan fingerprint density at radius 2 is 2.22 bits per heavy atom. The number of furan rings is 1. The molecule has 0 radical (unpaired) electrons. The Balaban J connectivity index is 1.58. The van der Waals surface area contributed by atoms with Crippen LogP contribution >= 0.6 is 0 Å². The van der Waals surface area contributed by atoms with E-state index in [0.29, 0.717) is 28.9 Å². The highest BCUT2D eigenvalue weighted by atomic mass is 16.3. The van der Waals surface area contributed by atoms with E-state index in [4.69, 9.17) is 4.42 Å². The van der Waals surface area contributed by atoms with Gasteiger partial charge in [0.05, 0.1) is 12.2 Å². The molecule has 23 heavy (non-hydrogen) atoms. The predicted octanol–water partition coefficient (Wildman–Crippen LogP) is 3.56. The molecule has 0 aliphatic heterocycles. The number of pyridine rings is 1. The van der Waals surface area contributed by atoms with Gasteiger partial charge < -0.3 is 9.73 Å². The molecule has 3 aromatic rings. The van der Waals surface area contributed by atoms with Gasteiger partial charge in [-0.05, 0) is 44.7 Å². The smallest absolute Gasteiger partial charge is 0.292 e. The lowest BCUT2D eigenvalue weighted by Gasteiger charge is -2.14. The number of fused-ring (bicyclic) bond motifs is 1. The van der Waals surface area contributed by atoms with Crippen molar-refractivity contribution in [2.45, 2.75) is 32.7 Å². The van der Waals surface area contributed by atoms with Gasteiger partial charge in [-0.1, -0.05) is 0 Å². The van der Waals surface area contributed by atoms with E-state index >= 15 is 0 Å². The molecular formula is C17H18N4O2. The average Bonchev–Trinajstić information content (AvgIpc) is 3.13. The number of nitrogens with one attached hydrogen (secondary N) is 1. The molecule has 0 bridgehead atoms. The first-order valence-electron chi connectivity index (χ1n) is 7.84. The number of nitrogens with zero attached hydrogens (tertiary/aromatic N) is 3. The standard InChI is InChI=1S/C17H18N4O2/c1-10-3-6-14-13(19-10)9-15(23-14)17(22)20-16-7-8-18-21(16)11(2)12-4-5-12/h3,6-9,11-12H,4-5H2,1-2H3,(H,20,22). The zero-order valence-electron chi connectivity index (χ0n) is 13.1. The Labute approximate surface area is 133 Å². The number of rotatable bonds is 4. The number of aryl methyl sites for hydroxylation is 1. The molecule has 3 aromatic heterocycles. The maximum Gasteiger partial charge on any atom is 0.292 e. The summed E-state index contributed by atoms with van der Waals surface area (Å²) in [5, 5.41) is 7.22. The molecule has 6 nitrogen and oxygen atoms in total. The third-order valence-corrected chi connectivity index (χ3v) is 4.34. The molecule has 1 atom stereocenters. The fourth-order valence-corrected chi connectivity index (χ4v) is 2.83. The number of hydrogen-bond acceptors (Lipinski definition) is 4. The van der Waals surface area contributed by atoms with Gasteiger partial charge in [-0.15, -0.1) is 0 Å². The summed E-state index contributed by atoms with van der Waals surface area (Å²) >= 11 is 0. The van der Waals surface area contributed by atoms with Crippen molar-refractivity contribution >= 4 is 22.8 Å². The quantitative estimate of drug-likeness (QED) is 0.799. The van der Waals surface area contributed by atoms with Crippen LogP contribution in [0.1, 0.15) is 42.1 Å². The first kappa shape index (κ1) is 14.0. The van der Waals surface area contributed by atoms with Crippen LogP contribution in [0.15, 0.2) is 34.9 Å². The van der Waals surface area contributed by atoms with Gasteiger partial charge in [0.1, 0.15) is 11.3 Å². The molecule has 0 aromatic carbocycles. The molecule has 0 spiro atoms. The van der Waals surface area contributed by atoms with Gasteiger partial charge in [0, 0.05) is 17.8 Å². The van der Waals surface area contributed by atoms with E-state index in [-0.39, 0.29) is 11.7 Å². The fraction of sp³-hybridized carbons (Fsp3) is 0.353. The molecule has 0 saturated heterocycles. The number of carbonyl (C=O) groups excluding carboxylic acids is 1. The minimum atomic E-state index is -0.287. The van der Waals surface area contributed by atoms with E-state index in [0.717, 1.165) is 5.69 Å². The minimum Gasteiger partial charge on any atom is -0.449 e. The van der Waals surface area contributed by atoms with Gasteiger partial charge in [0.25, 0.3) is 5.91 Å². The lowest BCUT2D eigenvalue weighted by atomic mass is 10.2. The maximum atomic E-state index is 12.5. The van der Waals surface area contributed by atoms with Crippen molar-refractivity contribution in [3.8, 4) is 0 Å². The van der Waals surface area contributed by atoms with Crippen LogP contribution in [0, 0.1) is 12.8 Å². The Kier molecular flexibility index (Phi) is 3.18. The Hall–Kier alpha value is -2.63. The summed E-state index contributed by atoms with van der Waals surface area (Å²) in [5.74, 6) is 1.32. The molecule has 1 saturated carbocycles. The molecule has 4 rings (SSSR count). The van der Waals surface area contributed by atoms with Gasteiger partial charge in [-0.3, -0.25) is 4.79 Å². The molecule has 118 valence electrons. The largest absolute Gasteiger partial charge is 0.449 e. The molecule has 1 amide bonds. The van der Waals surface area contributed by atoms with Crippen molar-refractivity contribution in [1.29, 1.82) is 0 Å². The zero-order chi connectivity index (χ0) is 16.0. The zero-order valence-corrected chi connectivity index (χ0v) is 13.1.